The van der Waals surface area contributed by atoms with Gasteiger partial charge in [-0.1, -0.05) is 17.7 Å². The first kappa shape index (κ1) is 15.4. The van der Waals surface area contributed by atoms with Crippen molar-refractivity contribution in [2.75, 3.05) is 7.11 Å². The second-order valence-electron chi connectivity index (χ2n) is 4.60. The number of aliphatic hydroxyl groups excluding tert-OH is 1. The summed E-state index contributed by atoms with van der Waals surface area (Å²) in [5.74, 6) is 0.763. The van der Waals surface area contributed by atoms with Crippen LogP contribution in [0.4, 0.5) is 0 Å². The van der Waals surface area contributed by atoms with Crippen LogP contribution in [-0.4, -0.2) is 22.0 Å². The molecule has 0 amide bonds. The van der Waals surface area contributed by atoms with E-state index in [2.05, 4.69) is 21.0 Å². The molecule has 2 rings (SSSR count). The lowest BCUT2D eigenvalue weighted by Gasteiger charge is -2.12. The highest BCUT2D eigenvalue weighted by Crippen LogP contribution is 2.31. The van der Waals surface area contributed by atoms with Gasteiger partial charge in [-0.15, -0.1) is 0 Å². The van der Waals surface area contributed by atoms with Gasteiger partial charge in [0.05, 0.1) is 23.4 Å². The number of hydrogen-bond donors (Lipinski definition) is 1. The lowest BCUT2D eigenvalue weighted by molar-refractivity contribution is 0.177. The molecule has 108 valence electrons. The predicted octanol–water partition coefficient (Wildman–Crippen LogP) is 3.43. The zero-order chi connectivity index (χ0) is 14.9. The smallest absolute Gasteiger partial charge is 0.133 e. The van der Waals surface area contributed by atoms with Gasteiger partial charge in [0, 0.05) is 19.0 Å². The molecule has 0 spiro atoms. The van der Waals surface area contributed by atoms with Crippen molar-refractivity contribution < 1.29 is 9.84 Å². The largest absolute Gasteiger partial charge is 0.496 e. The Labute approximate surface area is 131 Å². The molecule has 1 heterocycles. The number of nitrogens with zero attached hydrogens (tertiary/aromatic N) is 2. The summed E-state index contributed by atoms with van der Waals surface area (Å²) in [5.41, 5.74) is 2.42. The maximum absolute atomic E-state index is 10.4. The Morgan fingerprint density at radius 2 is 2.20 bits per heavy atom. The van der Waals surface area contributed by atoms with Gasteiger partial charge in [0.25, 0.3) is 0 Å². The molecule has 2 aromatic rings. The number of aliphatic hydroxyl groups is 1. The highest BCUT2D eigenvalue weighted by atomic mass is 79.9. The molecule has 1 unspecified atom stereocenters. The van der Waals surface area contributed by atoms with Crippen LogP contribution in [0.2, 0.25) is 5.15 Å². The number of aromatic nitrogens is 2. The Morgan fingerprint density at radius 3 is 2.70 bits per heavy atom. The summed E-state index contributed by atoms with van der Waals surface area (Å²) in [6.45, 7) is 1.84. The van der Waals surface area contributed by atoms with E-state index < -0.39 is 6.10 Å². The Balaban J connectivity index is 2.23. The third-order valence-electron chi connectivity index (χ3n) is 3.17. The number of rotatable bonds is 4. The zero-order valence-corrected chi connectivity index (χ0v) is 13.9. The summed E-state index contributed by atoms with van der Waals surface area (Å²) in [6.07, 6.45) is -0.217. The van der Waals surface area contributed by atoms with Crippen LogP contribution >= 0.6 is 27.5 Å². The molecule has 0 aliphatic rings. The average Bonchev–Trinajstić information content (AvgIpc) is 2.63. The fraction of sp³-hybridized carbons (Fsp3) is 0.357. The lowest BCUT2D eigenvalue weighted by atomic mass is 10.0. The van der Waals surface area contributed by atoms with Crippen molar-refractivity contribution in [3.05, 3.63) is 44.6 Å². The summed E-state index contributed by atoms with van der Waals surface area (Å²) >= 11 is 9.60. The summed E-state index contributed by atoms with van der Waals surface area (Å²) in [5, 5.41) is 15.1. The second kappa shape index (κ2) is 6.16. The minimum Gasteiger partial charge on any atom is -0.496 e. The number of aryl methyl sites for hydroxylation is 2. The minimum atomic E-state index is -0.684. The van der Waals surface area contributed by atoms with Gasteiger partial charge < -0.3 is 9.84 Å². The van der Waals surface area contributed by atoms with E-state index in [9.17, 15) is 5.11 Å². The van der Waals surface area contributed by atoms with Gasteiger partial charge in [-0.05, 0) is 40.5 Å². The van der Waals surface area contributed by atoms with E-state index in [0.29, 0.717) is 17.1 Å². The van der Waals surface area contributed by atoms with E-state index in [0.717, 1.165) is 21.5 Å². The Kier molecular flexibility index (Phi) is 4.73. The molecule has 20 heavy (non-hydrogen) atoms. The monoisotopic (exact) mass is 358 g/mol. The van der Waals surface area contributed by atoms with Crippen LogP contribution in [0.3, 0.4) is 0 Å². The third kappa shape index (κ3) is 3.00. The molecule has 0 saturated carbocycles. The van der Waals surface area contributed by atoms with Crippen LogP contribution < -0.4 is 4.74 Å². The van der Waals surface area contributed by atoms with Crippen molar-refractivity contribution in [3.63, 3.8) is 0 Å². The molecule has 0 aliphatic heterocycles. The molecular formula is C14H16BrClN2O2. The fourth-order valence-electron chi connectivity index (χ4n) is 2.19. The van der Waals surface area contributed by atoms with Gasteiger partial charge in [0.1, 0.15) is 10.9 Å². The minimum absolute atomic E-state index is 0.467. The Morgan fingerprint density at radius 1 is 1.50 bits per heavy atom. The van der Waals surface area contributed by atoms with Gasteiger partial charge in [0.2, 0.25) is 0 Å². The molecule has 1 aromatic carbocycles. The molecule has 1 atom stereocenters. The van der Waals surface area contributed by atoms with Crippen LogP contribution in [0, 0.1) is 6.92 Å². The van der Waals surface area contributed by atoms with E-state index in [1.165, 1.54) is 0 Å². The van der Waals surface area contributed by atoms with Crippen molar-refractivity contribution in [1.82, 2.24) is 9.78 Å². The first-order valence-electron chi connectivity index (χ1n) is 6.13. The molecule has 0 aliphatic carbocycles. The highest BCUT2D eigenvalue weighted by Gasteiger charge is 2.20. The van der Waals surface area contributed by atoms with Crippen molar-refractivity contribution in [2.24, 2.45) is 7.05 Å². The van der Waals surface area contributed by atoms with Gasteiger partial charge in [0.15, 0.2) is 0 Å². The van der Waals surface area contributed by atoms with Gasteiger partial charge >= 0.3 is 0 Å². The van der Waals surface area contributed by atoms with Crippen LogP contribution in [0.15, 0.2) is 22.7 Å². The molecule has 4 nitrogen and oxygen atoms in total. The van der Waals surface area contributed by atoms with Crippen LogP contribution in [0.1, 0.15) is 22.9 Å². The number of benzene rings is 1. The third-order valence-corrected chi connectivity index (χ3v) is 4.24. The van der Waals surface area contributed by atoms with Crippen molar-refractivity contribution >= 4 is 27.5 Å². The zero-order valence-electron chi connectivity index (χ0n) is 11.5. The van der Waals surface area contributed by atoms with Gasteiger partial charge in [-0.3, -0.25) is 4.68 Å². The average molecular weight is 360 g/mol. The van der Waals surface area contributed by atoms with Gasteiger partial charge in [-0.25, -0.2) is 0 Å². The molecule has 0 bridgehead atoms. The molecule has 1 aromatic heterocycles. The number of halogens is 2. The van der Waals surface area contributed by atoms with E-state index >= 15 is 0 Å². The molecule has 1 N–H and O–H groups in total. The predicted molar refractivity (Wildman–Crippen MR) is 82.3 cm³/mol. The van der Waals surface area contributed by atoms with E-state index in [1.807, 2.05) is 25.1 Å². The highest BCUT2D eigenvalue weighted by molar-refractivity contribution is 9.10. The fourth-order valence-corrected chi connectivity index (χ4v) is 3.08. The quantitative estimate of drug-likeness (QED) is 0.910. The maximum atomic E-state index is 10.4. The molecule has 0 saturated heterocycles. The van der Waals surface area contributed by atoms with E-state index in [1.54, 1.807) is 18.8 Å². The van der Waals surface area contributed by atoms with E-state index in [-0.39, 0.29) is 0 Å². The standard InChI is InChI=1S/C14H16BrClN2O2/c1-8-13(14(16)18(2)17-8)11(19)7-9-4-5-12(20-3)10(15)6-9/h4-6,11,19H,7H2,1-3H3. The number of hydrogen-bond acceptors (Lipinski definition) is 3. The van der Waals surface area contributed by atoms with E-state index in [4.69, 9.17) is 16.3 Å². The van der Waals surface area contributed by atoms with Gasteiger partial charge in [-0.2, -0.15) is 5.10 Å². The lowest BCUT2D eigenvalue weighted by Crippen LogP contribution is -2.03. The molecule has 0 radical (unpaired) electrons. The van der Waals surface area contributed by atoms with Crippen LogP contribution in [0.5, 0.6) is 5.75 Å². The number of methoxy groups -OCH3 is 1. The summed E-state index contributed by atoms with van der Waals surface area (Å²) in [7, 11) is 3.38. The second-order valence-corrected chi connectivity index (χ2v) is 5.81. The SMILES string of the molecule is COc1ccc(CC(O)c2c(C)nn(C)c2Cl)cc1Br. The normalized spacial score (nSPS) is 12.5. The topological polar surface area (TPSA) is 47.3 Å². The summed E-state index contributed by atoms with van der Waals surface area (Å²) < 4.78 is 7.62. The van der Waals surface area contributed by atoms with Crippen molar-refractivity contribution in [3.8, 4) is 5.75 Å². The maximum Gasteiger partial charge on any atom is 0.133 e. The molecule has 0 fully saturated rings. The first-order valence-corrected chi connectivity index (χ1v) is 7.30. The first-order chi connectivity index (χ1) is 9.43. The Hall–Kier alpha value is -1.04. The summed E-state index contributed by atoms with van der Waals surface area (Å²) in [6, 6.07) is 5.72. The number of ether oxygens (including phenoxy) is 1. The van der Waals surface area contributed by atoms with Crippen LogP contribution in [-0.2, 0) is 13.5 Å². The Bertz CT molecular complexity index is 628. The molecule has 6 heteroatoms. The van der Waals surface area contributed by atoms with Crippen LogP contribution in [0.25, 0.3) is 0 Å². The van der Waals surface area contributed by atoms with Crippen molar-refractivity contribution in [1.29, 1.82) is 0 Å². The molecular weight excluding hydrogens is 344 g/mol. The van der Waals surface area contributed by atoms with Crippen molar-refractivity contribution in [2.45, 2.75) is 19.4 Å². The summed E-state index contributed by atoms with van der Waals surface area (Å²) in [4.78, 5) is 0.